The van der Waals surface area contributed by atoms with E-state index >= 15 is 0 Å². The van der Waals surface area contributed by atoms with Crippen LogP contribution in [0.15, 0.2) is 0 Å². The third-order valence-electron chi connectivity index (χ3n) is 2.65. The van der Waals surface area contributed by atoms with Gasteiger partial charge in [-0.25, -0.2) is 0 Å². The number of methoxy groups -OCH3 is 1. The average Bonchev–Trinajstić information content (AvgIpc) is 2.55. The topological polar surface area (TPSA) is 21.7 Å². The van der Waals surface area contributed by atoms with Gasteiger partial charge in [0, 0.05) is 20.2 Å². The Kier molecular flexibility index (Phi) is 3.71. The minimum absolute atomic E-state index is 0.129. The molecule has 3 heteroatoms. The zero-order valence-electron chi connectivity index (χ0n) is 9.17. The van der Waals surface area contributed by atoms with Crippen LogP contribution in [-0.4, -0.2) is 37.1 Å². The summed E-state index contributed by atoms with van der Waals surface area (Å²) in [6.45, 7) is 8.42. The largest absolute Gasteiger partial charge is 0.356 e. The van der Waals surface area contributed by atoms with Gasteiger partial charge in [-0.3, -0.25) is 4.90 Å². The Labute approximate surface area is 81.0 Å². The molecule has 3 nitrogen and oxygen atoms in total. The second kappa shape index (κ2) is 4.40. The zero-order chi connectivity index (χ0) is 9.90. The molecule has 1 fully saturated rings. The number of ether oxygens (including phenoxy) is 2. The van der Waals surface area contributed by atoms with Crippen molar-refractivity contribution in [3.63, 3.8) is 0 Å². The smallest absolute Gasteiger partial charge is 0.156 e. The molecule has 0 bridgehead atoms. The molecule has 0 N–H and O–H groups in total. The average molecular weight is 187 g/mol. The second-order valence-electron chi connectivity index (χ2n) is 4.06. The highest BCUT2D eigenvalue weighted by molar-refractivity contribution is 4.76. The second-order valence-corrected chi connectivity index (χ2v) is 4.06. The van der Waals surface area contributed by atoms with Crippen LogP contribution in [0.2, 0.25) is 0 Å². The molecule has 1 heterocycles. The molecule has 0 aliphatic carbocycles. The Balaban J connectivity index is 2.43. The van der Waals surface area contributed by atoms with Gasteiger partial charge in [0.25, 0.3) is 0 Å². The number of nitrogens with zero attached hydrogens (tertiary/aromatic N) is 1. The van der Waals surface area contributed by atoms with E-state index in [-0.39, 0.29) is 12.0 Å². The van der Waals surface area contributed by atoms with Gasteiger partial charge >= 0.3 is 0 Å². The minimum atomic E-state index is -0.189. The van der Waals surface area contributed by atoms with E-state index in [1.807, 2.05) is 6.92 Å². The Morgan fingerprint density at radius 2 is 1.77 bits per heavy atom. The van der Waals surface area contributed by atoms with Crippen LogP contribution in [0.3, 0.4) is 0 Å². The van der Waals surface area contributed by atoms with Crippen LogP contribution in [0.25, 0.3) is 0 Å². The lowest BCUT2D eigenvalue weighted by Crippen LogP contribution is -2.46. The lowest BCUT2D eigenvalue weighted by Gasteiger charge is -2.36. The van der Waals surface area contributed by atoms with Crippen LogP contribution in [0, 0.1) is 0 Å². The fourth-order valence-corrected chi connectivity index (χ4v) is 1.78. The molecule has 1 atom stereocenters. The Morgan fingerprint density at radius 1 is 1.23 bits per heavy atom. The van der Waals surface area contributed by atoms with Crippen LogP contribution in [0.1, 0.15) is 33.6 Å². The van der Waals surface area contributed by atoms with Crippen molar-refractivity contribution < 1.29 is 9.47 Å². The van der Waals surface area contributed by atoms with Gasteiger partial charge in [-0.05, 0) is 33.6 Å². The number of hydrogen-bond donors (Lipinski definition) is 0. The first-order chi connectivity index (χ1) is 6.06. The summed E-state index contributed by atoms with van der Waals surface area (Å²) in [5, 5.41) is 0. The lowest BCUT2D eigenvalue weighted by molar-refractivity contribution is -0.227. The molecular formula is C10H21NO2. The van der Waals surface area contributed by atoms with Crippen molar-refractivity contribution in [3.05, 3.63) is 0 Å². The van der Waals surface area contributed by atoms with Gasteiger partial charge in [0.15, 0.2) is 6.29 Å². The molecular weight excluding hydrogens is 166 g/mol. The predicted octanol–water partition coefficient (Wildman–Crippen LogP) is 1.83. The highest BCUT2D eigenvalue weighted by Gasteiger charge is 2.31. The third kappa shape index (κ3) is 2.93. The number of likely N-dealkylation sites (tertiary alicyclic amines) is 1. The molecule has 0 amide bonds. The summed E-state index contributed by atoms with van der Waals surface area (Å²) in [6.07, 6.45) is 2.44. The molecule has 1 saturated heterocycles. The molecule has 0 saturated carbocycles. The fraction of sp³-hybridized carbons (Fsp3) is 1.00. The highest BCUT2D eigenvalue weighted by Crippen LogP contribution is 2.23. The molecule has 0 aromatic carbocycles. The van der Waals surface area contributed by atoms with Gasteiger partial charge in [-0.1, -0.05) is 0 Å². The molecule has 0 radical (unpaired) electrons. The summed E-state index contributed by atoms with van der Waals surface area (Å²) >= 11 is 0. The summed E-state index contributed by atoms with van der Waals surface area (Å²) < 4.78 is 10.9. The van der Waals surface area contributed by atoms with Crippen LogP contribution < -0.4 is 0 Å². The van der Waals surface area contributed by atoms with Gasteiger partial charge in [0.1, 0.15) is 5.72 Å². The first-order valence-electron chi connectivity index (χ1n) is 5.02. The van der Waals surface area contributed by atoms with Gasteiger partial charge in [0.05, 0.1) is 0 Å². The number of hydrogen-bond acceptors (Lipinski definition) is 3. The van der Waals surface area contributed by atoms with E-state index in [1.54, 1.807) is 7.11 Å². The normalized spacial score (nSPS) is 22.2. The van der Waals surface area contributed by atoms with E-state index in [0.717, 1.165) is 13.1 Å². The van der Waals surface area contributed by atoms with Crippen LogP contribution >= 0.6 is 0 Å². The molecule has 0 spiro atoms. The van der Waals surface area contributed by atoms with Crippen LogP contribution in [0.4, 0.5) is 0 Å². The van der Waals surface area contributed by atoms with Crippen molar-refractivity contribution in [3.8, 4) is 0 Å². The van der Waals surface area contributed by atoms with Crippen molar-refractivity contribution in [1.82, 2.24) is 4.90 Å². The maximum Gasteiger partial charge on any atom is 0.156 e. The first-order valence-corrected chi connectivity index (χ1v) is 5.02. The quantitative estimate of drug-likeness (QED) is 0.627. The van der Waals surface area contributed by atoms with Crippen molar-refractivity contribution in [2.75, 3.05) is 20.2 Å². The third-order valence-corrected chi connectivity index (χ3v) is 2.65. The Hall–Kier alpha value is -0.120. The highest BCUT2D eigenvalue weighted by atomic mass is 16.7. The lowest BCUT2D eigenvalue weighted by atomic mass is 10.2. The molecule has 13 heavy (non-hydrogen) atoms. The molecule has 1 aliphatic rings. The summed E-state index contributed by atoms with van der Waals surface area (Å²) in [7, 11) is 1.67. The Morgan fingerprint density at radius 3 is 2.23 bits per heavy atom. The summed E-state index contributed by atoms with van der Waals surface area (Å²) in [5.74, 6) is 0. The van der Waals surface area contributed by atoms with E-state index < -0.39 is 0 Å². The van der Waals surface area contributed by atoms with Gasteiger partial charge < -0.3 is 9.47 Å². The Bertz CT molecular complexity index is 153. The maximum absolute atomic E-state index is 5.77. The van der Waals surface area contributed by atoms with Crippen molar-refractivity contribution in [2.45, 2.75) is 45.6 Å². The standard InChI is InChI=1S/C10H21NO2/c1-9(12-4)13-10(2,3)11-7-5-6-8-11/h9H,5-8H2,1-4H3. The monoisotopic (exact) mass is 187 g/mol. The molecule has 1 rings (SSSR count). The van der Waals surface area contributed by atoms with Gasteiger partial charge in [-0.15, -0.1) is 0 Å². The zero-order valence-corrected chi connectivity index (χ0v) is 9.17. The molecule has 78 valence electrons. The van der Waals surface area contributed by atoms with Crippen LogP contribution in [-0.2, 0) is 9.47 Å². The minimum Gasteiger partial charge on any atom is -0.356 e. The number of rotatable bonds is 4. The van der Waals surface area contributed by atoms with Gasteiger partial charge in [0.2, 0.25) is 0 Å². The van der Waals surface area contributed by atoms with E-state index in [0.29, 0.717) is 0 Å². The van der Waals surface area contributed by atoms with E-state index in [4.69, 9.17) is 9.47 Å². The van der Waals surface area contributed by atoms with Crippen molar-refractivity contribution >= 4 is 0 Å². The first kappa shape index (κ1) is 11.0. The SMILES string of the molecule is COC(C)OC(C)(C)N1CCCC1. The van der Waals surface area contributed by atoms with E-state index in [2.05, 4.69) is 18.7 Å². The van der Waals surface area contributed by atoms with E-state index in [1.165, 1.54) is 12.8 Å². The van der Waals surface area contributed by atoms with E-state index in [9.17, 15) is 0 Å². The molecule has 0 aromatic rings. The maximum atomic E-state index is 5.77. The predicted molar refractivity (Wildman–Crippen MR) is 52.4 cm³/mol. The summed E-state index contributed by atoms with van der Waals surface area (Å²) in [5.41, 5.74) is -0.189. The summed E-state index contributed by atoms with van der Waals surface area (Å²) in [6, 6.07) is 0. The summed E-state index contributed by atoms with van der Waals surface area (Å²) in [4.78, 5) is 2.36. The van der Waals surface area contributed by atoms with Gasteiger partial charge in [-0.2, -0.15) is 0 Å². The molecule has 0 aromatic heterocycles. The molecule has 1 aliphatic heterocycles. The van der Waals surface area contributed by atoms with Crippen LogP contribution in [0.5, 0.6) is 0 Å². The molecule has 1 unspecified atom stereocenters. The van der Waals surface area contributed by atoms with Crippen molar-refractivity contribution in [1.29, 1.82) is 0 Å². The fourth-order valence-electron chi connectivity index (χ4n) is 1.78. The van der Waals surface area contributed by atoms with Crippen molar-refractivity contribution in [2.24, 2.45) is 0 Å².